The maximum Gasteiger partial charge on any atom is 0.173 e. The second-order valence-electron chi connectivity index (χ2n) is 6.26. The molecule has 3 rings (SSSR count). The molecule has 4 nitrogen and oxygen atoms in total. The Bertz CT molecular complexity index is 763. The molecule has 0 radical (unpaired) electrons. The Morgan fingerprint density at radius 2 is 2.00 bits per heavy atom. The minimum Gasteiger partial charge on any atom is -0.497 e. The van der Waals surface area contributed by atoms with E-state index in [1.807, 2.05) is 24.3 Å². The Balaban J connectivity index is 1.81. The lowest BCUT2D eigenvalue weighted by atomic mass is 10.0. The van der Waals surface area contributed by atoms with Crippen LogP contribution in [0.4, 0.5) is 5.69 Å². The van der Waals surface area contributed by atoms with Crippen LogP contribution in [0.15, 0.2) is 42.5 Å². The van der Waals surface area contributed by atoms with Gasteiger partial charge >= 0.3 is 0 Å². The monoisotopic (exact) mass is 356 g/mol. The van der Waals surface area contributed by atoms with Gasteiger partial charge in [0.25, 0.3) is 0 Å². The van der Waals surface area contributed by atoms with Crippen molar-refractivity contribution >= 4 is 23.0 Å². The number of hydrogen-bond acceptors (Lipinski definition) is 3. The van der Waals surface area contributed by atoms with E-state index in [1.165, 1.54) is 5.56 Å². The van der Waals surface area contributed by atoms with Crippen molar-refractivity contribution in [3.63, 3.8) is 0 Å². The number of likely N-dealkylation sites (tertiary alicyclic amines) is 1. The van der Waals surface area contributed by atoms with E-state index in [2.05, 4.69) is 35.3 Å². The van der Waals surface area contributed by atoms with Crippen molar-refractivity contribution in [1.82, 2.24) is 4.90 Å². The SMILES string of the molecule is COc1ccc([C@H]2CCCN2C(=S)Nc2cccc(C)c2)c(OC)c1. The second-order valence-corrected chi connectivity index (χ2v) is 6.65. The molecule has 1 N–H and O–H groups in total. The predicted molar refractivity (Wildman–Crippen MR) is 106 cm³/mol. The van der Waals surface area contributed by atoms with E-state index in [1.54, 1.807) is 14.2 Å². The van der Waals surface area contributed by atoms with E-state index in [-0.39, 0.29) is 6.04 Å². The van der Waals surface area contributed by atoms with Crippen molar-refractivity contribution in [2.45, 2.75) is 25.8 Å². The molecule has 0 bridgehead atoms. The van der Waals surface area contributed by atoms with E-state index in [9.17, 15) is 0 Å². The minimum atomic E-state index is 0.214. The molecule has 132 valence electrons. The van der Waals surface area contributed by atoms with Crippen LogP contribution in [0.3, 0.4) is 0 Å². The first-order valence-electron chi connectivity index (χ1n) is 8.48. The Labute approximate surface area is 154 Å². The molecule has 1 fully saturated rings. The highest BCUT2D eigenvalue weighted by Gasteiger charge is 2.30. The molecule has 0 aliphatic carbocycles. The Hall–Kier alpha value is -2.27. The fraction of sp³-hybridized carbons (Fsp3) is 0.350. The number of thiocarbonyl (C=S) groups is 1. The van der Waals surface area contributed by atoms with Crippen LogP contribution in [-0.4, -0.2) is 30.8 Å². The van der Waals surface area contributed by atoms with Gasteiger partial charge < -0.3 is 19.7 Å². The molecule has 1 saturated heterocycles. The zero-order valence-electron chi connectivity index (χ0n) is 14.9. The number of rotatable bonds is 4. The van der Waals surface area contributed by atoms with Gasteiger partial charge in [-0.05, 0) is 61.8 Å². The largest absolute Gasteiger partial charge is 0.497 e. The number of hydrogen-bond donors (Lipinski definition) is 1. The molecular weight excluding hydrogens is 332 g/mol. The van der Waals surface area contributed by atoms with Crippen molar-refractivity contribution in [1.29, 1.82) is 0 Å². The van der Waals surface area contributed by atoms with E-state index < -0.39 is 0 Å². The van der Waals surface area contributed by atoms with Crippen LogP contribution < -0.4 is 14.8 Å². The molecule has 1 aliphatic rings. The molecule has 1 heterocycles. The fourth-order valence-corrected chi connectivity index (χ4v) is 3.68. The van der Waals surface area contributed by atoms with Gasteiger partial charge in [0, 0.05) is 23.9 Å². The molecule has 2 aromatic rings. The van der Waals surface area contributed by atoms with Gasteiger partial charge in [-0.25, -0.2) is 0 Å². The first kappa shape index (κ1) is 17.5. The third-order valence-electron chi connectivity index (χ3n) is 4.58. The molecule has 1 aliphatic heterocycles. The van der Waals surface area contributed by atoms with Crippen molar-refractivity contribution in [2.24, 2.45) is 0 Å². The zero-order valence-corrected chi connectivity index (χ0v) is 15.7. The summed E-state index contributed by atoms with van der Waals surface area (Å²) in [5.41, 5.74) is 3.38. The van der Waals surface area contributed by atoms with Crippen LogP contribution in [0.2, 0.25) is 0 Å². The lowest BCUT2D eigenvalue weighted by molar-refractivity contribution is 0.362. The van der Waals surface area contributed by atoms with Crippen molar-refractivity contribution in [3.05, 3.63) is 53.6 Å². The second kappa shape index (κ2) is 7.74. The van der Waals surface area contributed by atoms with Crippen molar-refractivity contribution < 1.29 is 9.47 Å². The normalized spacial score (nSPS) is 16.6. The van der Waals surface area contributed by atoms with E-state index in [0.29, 0.717) is 0 Å². The number of anilines is 1. The smallest absolute Gasteiger partial charge is 0.173 e. The first-order chi connectivity index (χ1) is 12.1. The van der Waals surface area contributed by atoms with Crippen LogP contribution in [0.5, 0.6) is 11.5 Å². The van der Waals surface area contributed by atoms with E-state index in [4.69, 9.17) is 21.7 Å². The maximum atomic E-state index is 5.69. The first-order valence-corrected chi connectivity index (χ1v) is 8.89. The van der Waals surface area contributed by atoms with E-state index in [0.717, 1.165) is 47.2 Å². The number of benzene rings is 2. The molecule has 0 unspecified atom stereocenters. The third kappa shape index (κ3) is 3.87. The summed E-state index contributed by atoms with van der Waals surface area (Å²) in [7, 11) is 3.36. The lowest BCUT2D eigenvalue weighted by Crippen LogP contribution is -2.34. The zero-order chi connectivity index (χ0) is 17.8. The van der Waals surface area contributed by atoms with Gasteiger partial charge in [-0.2, -0.15) is 0 Å². The van der Waals surface area contributed by atoms with Gasteiger partial charge in [0.1, 0.15) is 11.5 Å². The highest BCUT2D eigenvalue weighted by atomic mass is 32.1. The molecule has 1 atom stereocenters. The van der Waals surface area contributed by atoms with Crippen LogP contribution >= 0.6 is 12.2 Å². The summed E-state index contributed by atoms with van der Waals surface area (Å²) >= 11 is 5.69. The standard InChI is InChI=1S/C20H24N2O2S/c1-14-6-4-7-15(12-14)21-20(25)22-11-5-8-18(22)17-10-9-16(23-2)13-19(17)24-3/h4,6-7,9-10,12-13,18H,5,8,11H2,1-3H3,(H,21,25)/t18-/m1/s1. The van der Waals surface area contributed by atoms with Crippen LogP contribution in [-0.2, 0) is 0 Å². The van der Waals surface area contributed by atoms with Gasteiger partial charge in [-0.15, -0.1) is 0 Å². The summed E-state index contributed by atoms with van der Waals surface area (Å²) < 4.78 is 10.9. The summed E-state index contributed by atoms with van der Waals surface area (Å²) in [6.45, 7) is 3.02. The summed E-state index contributed by atoms with van der Waals surface area (Å²) in [6, 6.07) is 14.5. The topological polar surface area (TPSA) is 33.7 Å². The number of nitrogens with zero attached hydrogens (tertiary/aromatic N) is 1. The number of aryl methyl sites for hydroxylation is 1. The predicted octanol–water partition coefficient (Wildman–Crippen LogP) is 4.55. The summed E-state index contributed by atoms with van der Waals surface area (Å²) in [5.74, 6) is 1.64. The Morgan fingerprint density at radius 1 is 1.16 bits per heavy atom. The molecule has 0 aromatic heterocycles. The fourth-order valence-electron chi connectivity index (χ4n) is 3.34. The molecule has 0 saturated carbocycles. The van der Waals surface area contributed by atoms with Crippen LogP contribution in [0.25, 0.3) is 0 Å². The average molecular weight is 356 g/mol. The summed E-state index contributed by atoms with van der Waals surface area (Å²) in [5, 5.41) is 4.13. The lowest BCUT2D eigenvalue weighted by Gasteiger charge is -2.29. The van der Waals surface area contributed by atoms with Gasteiger partial charge in [-0.1, -0.05) is 12.1 Å². The molecule has 0 amide bonds. The Morgan fingerprint density at radius 3 is 2.72 bits per heavy atom. The van der Waals surface area contributed by atoms with Crippen LogP contribution in [0, 0.1) is 6.92 Å². The third-order valence-corrected chi connectivity index (χ3v) is 4.92. The van der Waals surface area contributed by atoms with Crippen molar-refractivity contribution in [3.8, 4) is 11.5 Å². The van der Waals surface area contributed by atoms with Crippen LogP contribution in [0.1, 0.15) is 30.0 Å². The highest BCUT2D eigenvalue weighted by Crippen LogP contribution is 2.39. The van der Waals surface area contributed by atoms with Gasteiger partial charge in [0.15, 0.2) is 5.11 Å². The average Bonchev–Trinajstić information content (AvgIpc) is 3.10. The van der Waals surface area contributed by atoms with Gasteiger partial charge in [0.2, 0.25) is 0 Å². The molecule has 25 heavy (non-hydrogen) atoms. The van der Waals surface area contributed by atoms with E-state index >= 15 is 0 Å². The molecule has 2 aromatic carbocycles. The number of ether oxygens (including phenoxy) is 2. The quantitative estimate of drug-likeness (QED) is 0.813. The molecule has 0 spiro atoms. The maximum absolute atomic E-state index is 5.69. The van der Waals surface area contributed by atoms with Crippen molar-refractivity contribution in [2.75, 3.05) is 26.1 Å². The number of methoxy groups -OCH3 is 2. The van der Waals surface area contributed by atoms with Gasteiger partial charge in [0.05, 0.1) is 20.3 Å². The highest BCUT2D eigenvalue weighted by molar-refractivity contribution is 7.80. The minimum absolute atomic E-state index is 0.214. The molecule has 5 heteroatoms. The number of nitrogens with one attached hydrogen (secondary N) is 1. The summed E-state index contributed by atoms with van der Waals surface area (Å²) in [6.07, 6.45) is 2.16. The Kier molecular flexibility index (Phi) is 5.43. The van der Waals surface area contributed by atoms with Gasteiger partial charge in [-0.3, -0.25) is 0 Å². The molecular formula is C20H24N2O2S. The summed E-state index contributed by atoms with van der Waals surface area (Å²) in [4.78, 5) is 2.25.